The minimum Gasteiger partial charge on any atom is -0.325 e. The van der Waals surface area contributed by atoms with E-state index in [0.717, 1.165) is 69.7 Å². The van der Waals surface area contributed by atoms with Crippen LogP contribution in [-0.4, -0.2) is 60.9 Å². The van der Waals surface area contributed by atoms with E-state index in [1.807, 2.05) is 24.3 Å². The van der Waals surface area contributed by atoms with Crippen LogP contribution in [0.2, 0.25) is 0 Å². The maximum atomic E-state index is 12.9. The summed E-state index contributed by atoms with van der Waals surface area (Å²) >= 11 is 0. The lowest BCUT2D eigenvalue weighted by molar-refractivity contribution is -0.118. The molecule has 0 spiro atoms. The highest BCUT2D eigenvalue weighted by molar-refractivity contribution is 5.92. The predicted octanol–water partition coefficient (Wildman–Crippen LogP) is 10.1. The molecule has 2 amide bonds. The molecule has 0 saturated carbocycles. The second-order valence-electron chi connectivity index (χ2n) is 13.5. The lowest BCUT2D eigenvalue weighted by Crippen LogP contribution is -2.34. The van der Waals surface area contributed by atoms with Gasteiger partial charge in [0.1, 0.15) is 0 Å². The van der Waals surface area contributed by atoms with Crippen molar-refractivity contribution in [3.63, 3.8) is 0 Å². The van der Waals surface area contributed by atoms with Gasteiger partial charge in [0, 0.05) is 11.4 Å². The molecule has 2 aromatic carbocycles. The number of benzene rings is 2. The predicted molar refractivity (Wildman–Crippen MR) is 202 cm³/mol. The molecule has 0 aliphatic carbocycles. The summed E-state index contributed by atoms with van der Waals surface area (Å²) in [7, 11) is 0. The molecule has 0 aliphatic heterocycles. The summed E-state index contributed by atoms with van der Waals surface area (Å²) in [6.07, 6.45) is 20.4. The normalized spacial score (nSPS) is 11.4. The van der Waals surface area contributed by atoms with E-state index in [1.165, 1.54) is 88.2 Å². The monoisotopic (exact) mass is 649 g/mol. The molecule has 0 bridgehead atoms. The smallest absolute Gasteiger partial charge is 0.238 e. The Morgan fingerprint density at radius 1 is 0.447 bits per heavy atom. The number of carbonyl (C=O) groups excluding carboxylic acids is 2. The van der Waals surface area contributed by atoms with Crippen LogP contribution in [-0.2, 0) is 16.0 Å². The van der Waals surface area contributed by atoms with Crippen molar-refractivity contribution >= 4 is 23.2 Å². The standard InChI is InChI=1S/C41H68N4O2/c1-5-9-13-17-29-44(30-18-14-10-6-2)34-40(46)42-38-25-21-36(22-26-38)33-37-23-27-39(28-24-37)43-41(47)35-45(31-19-15-11-7-3)32-20-16-12-8-4/h21-28H,5-20,29-35H2,1-4H3,(H,42,46)(H,43,47). The molecule has 0 aliphatic rings. The highest BCUT2D eigenvalue weighted by Crippen LogP contribution is 2.17. The Balaban J connectivity index is 1.83. The van der Waals surface area contributed by atoms with Crippen LogP contribution >= 0.6 is 0 Å². The van der Waals surface area contributed by atoms with E-state index >= 15 is 0 Å². The molecule has 0 unspecified atom stereocenters. The van der Waals surface area contributed by atoms with E-state index in [4.69, 9.17) is 0 Å². The Hall–Kier alpha value is -2.70. The Kier molecular flexibility index (Phi) is 22.6. The summed E-state index contributed by atoms with van der Waals surface area (Å²) in [6.45, 7) is 13.8. The third-order valence-corrected chi connectivity index (χ3v) is 8.93. The average Bonchev–Trinajstić information content (AvgIpc) is 3.06. The molecule has 2 rings (SSSR count). The van der Waals surface area contributed by atoms with Gasteiger partial charge in [0.15, 0.2) is 0 Å². The fourth-order valence-corrected chi connectivity index (χ4v) is 6.04. The largest absolute Gasteiger partial charge is 0.325 e. The second-order valence-corrected chi connectivity index (χ2v) is 13.5. The topological polar surface area (TPSA) is 64.7 Å². The molecule has 2 N–H and O–H groups in total. The van der Waals surface area contributed by atoms with E-state index in [1.54, 1.807) is 0 Å². The summed E-state index contributed by atoms with van der Waals surface area (Å²) in [4.78, 5) is 30.5. The molecule has 0 atom stereocenters. The van der Waals surface area contributed by atoms with E-state index in [2.05, 4.69) is 72.4 Å². The first-order chi connectivity index (χ1) is 23.0. The lowest BCUT2D eigenvalue weighted by Gasteiger charge is -2.22. The number of nitrogens with one attached hydrogen (secondary N) is 2. The highest BCUT2D eigenvalue weighted by Gasteiger charge is 2.13. The van der Waals surface area contributed by atoms with Crippen LogP contribution in [0.5, 0.6) is 0 Å². The molecule has 264 valence electrons. The van der Waals surface area contributed by atoms with Gasteiger partial charge in [0.25, 0.3) is 0 Å². The zero-order valence-electron chi connectivity index (χ0n) is 30.6. The molecule has 0 saturated heterocycles. The van der Waals surface area contributed by atoms with Gasteiger partial charge in [0.05, 0.1) is 13.1 Å². The first-order valence-electron chi connectivity index (χ1n) is 19.2. The first-order valence-corrected chi connectivity index (χ1v) is 19.2. The molecule has 0 heterocycles. The Labute approximate surface area is 288 Å². The number of amides is 2. The molecule has 6 heteroatoms. The van der Waals surface area contributed by atoms with Gasteiger partial charge < -0.3 is 10.6 Å². The minimum atomic E-state index is 0.0671. The third kappa shape index (κ3) is 19.7. The number of rotatable bonds is 28. The van der Waals surface area contributed by atoms with E-state index in [9.17, 15) is 9.59 Å². The maximum absolute atomic E-state index is 12.9. The number of carbonyl (C=O) groups is 2. The van der Waals surface area contributed by atoms with E-state index < -0.39 is 0 Å². The zero-order valence-corrected chi connectivity index (χ0v) is 30.6. The van der Waals surface area contributed by atoms with Gasteiger partial charge in [-0.1, -0.05) is 129 Å². The van der Waals surface area contributed by atoms with Gasteiger partial charge in [-0.15, -0.1) is 0 Å². The van der Waals surface area contributed by atoms with Gasteiger partial charge in [0.2, 0.25) is 11.8 Å². The molecular weight excluding hydrogens is 580 g/mol. The molecule has 47 heavy (non-hydrogen) atoms. The Morgan fingerprint density at radius 2 is 0.745 bits per heavy atom. The van der Waals surface area contributed by atoms with Crippen molar-refractivity contribution in [3.05, 3.63) is 59.7 Å². The van der Waals surface area contributed by atoms with Crippen LogP contribution in [0.4, 0.5) is 11.4 Å². The van der Waals surface area contributed by atoms with Gasteiger partial charge in [-0.25, -0.2) is 0 Å². The number of anilines is 2. The highest BCUT2D eigenvalue weighted by atomic mass is 16.2. The van der Waals surface area contributed by atoms with Crippen LogP contribution < -0.4 is 10.6 Å². The number of unbranched alkanes of at least 4 members (excludes halogenated alkanes) is 12. The molecule has 0 fully saturated rings. The van der Waals surface area contributed by atoms with Crippen molar-refractivity contribution in [1.82, 2.24) is 9.80 Å². The van der Waals surface area contributed by atoms with E-state index in [-0.39, 0.29) is 11.8 Å². The quantitative estimate of drug-likeness (QED) is 0.0902. The van der Waals surface area contributed by atoms with Crippen molar-refractivity contribution < 1.29 is 9.59 Å². The summed E-state index contributed by atoms with van der Waals surface area (Å²) < 4.78 is 0. The molecule has 6 nitrogen and oxygen atoms in total. The average molecular weight is 649 g/mol. The van der Waals surface area contributed by atoms with Crippen molar-refractivity contribution in [3.8, 4) is 0 Å². The zero-order chi connectivity index (χ0) is 34.0. The van der Waals surface area contributed by atoms with Crippen LogP contribution in [0.15, 0.2) is 48.5 Å². The SMILES string of the molecule is CCCCCCN(CCCCCC)CC(=O)Nc1ccc(Cc2ccc(NC(=O)CN(CCCCCC)CCCCCC)cc2)cc1. The third-order valence-electron chi connectivity index (χ3n) is 8.93. The van der Waals surface area contributed by atoms with Crippen molar-refractivity contribution in [2.24, 2.45) is 0 Å². The van der Waals surface area contributed by atoms with Gasteiger partial charge >= 0.3 is 0 Å². The minimum absolute atomic E-state index is 0.0671. The number of hydrogen-bond acceptors (Lipinski definition) is 4. The first kappa shape index (κ1) is 40.5. The van der Waals surface area contributed by atoms with Crippen LogP contribution in [0.1, 0.15) is 142 Å². The summed E-state index contributed by atoms with van der Waals surface area (Å²) in [5.41, 5.74) is 4.07. The summed E-state index contributed by atoms with van der Waals surface area (Å²) in [5, 5.41) is 6.23. The van der Waals surface area contributed by atoms with Crippen molar-refractivity contribution in [2.75, 3.05) is 49.9 Å². The maximum Gasteiger partial charge on any atom is 0.238 e. The fourth-order valence-electron chi connectivity index (χ4n) is 6.04. The molecule has 0 aromatic heterocycles. The van der Waals surface area contributed by atoms with Crippen LogP contribution in [0, 0.1) is 0 Å². The van der Waals surface area contributed by atoms with Gasteiger partial charge in [-0.05, 0) is 93.7 Å². The fraction of sp³-hybridized carbons (Fsp3) is 0.659. The summed E-state index contributed by atoms with van der Waals surface area (Å²) in [6, 6.07) is 16.4. The van der Waals surface area contributed by atoms with Gasteiger partial charge in [-0.3, -0.25) is 19.4 Å². The van der Waals surface area contributed by atoms with Crippen molar-refractivity contribution in [2.45, 2.75) is 137 Å². The molecule has 2 aromatic rings. The number of nitrogens with zero attached hydrogens (tertiary/aromatic N) is 2. The van der Waals surface area contributed by atoms with Gasteiger partial charge in [-0.2, -0.15) is 0 Å². The van der Waals surface area contributed by atoms with Crippen LogP contribution in [0.25, 0.3) is 0 Å². The molecular formula is C41H68N4O2. The molecule has 0 radical (unpaired) electrons. The number of hydrogen-bond donors (Lipinski definition) is 2. The van der Waals surface area contributed by atoms with Crippen LogP contribution in [0.3, 0.4) is 0 Å². The summed E-state index contributed by atoms with van der Waals surface area (Å²) in [5.74, 6) is 0.134. The lowest BCUT2D eigenvalue weighted by atomic mass is 10.0. The Bertz CT molecular complexity index is 960. The van der Waals surface area contributed by atoms with Crippen molar-refractivity contribution in [1.29, 1.82) is 0 Å². The second kappa shape index (κ2) is 26.3. The Morgan fingerprint density at radius 3 is 1.02 bits per heavy atom. The van der Waals surface area contributed by atoms with E-state index in [0.29, 0.717) is 13.1 Å².